The van der Waals surface area contributed by atoms with E-state index in [1.807, 2.05) is 30.3 Å². The summed E-state index contributed by atoms with van der Waals surface area (Å²) in [7, 11) is 0. The zero-order valence-corrected chi connectivity index (χ0v) is 15.4. The Hall–Kier alpha value is -3.04. The molecule has 3 rings (SSSR count). The molecular weight excluding hydrogens is 390 g/mol. The summed E-state index contributed by atoms with van der Waals surface area (Å²) in [5.41, 5.74) is 1.41. The number of thioether (sulfide) groups is 1. The third-order valence-electron chi connectivity index (χ3n) is 3.53. The van der Waals surface area contributed by atoms with Crippen molar-refractivity contribution in [1.82, 2.24) is 9.66 Å². The summed E-state index contributed by atoms with van der Waals surface area (Å²) >= 11 is 6.89. The molecule has 0 saturated carbocycles. The first-order valence-corrected chi connectivity index (χ1v) is 9.07. The van der Waals surface area contributed by atoms with Crippen LogP contribution in [0.4, 0.5) is 11.4 Å². The van der Waals surface area contributed by atoms with Crippen LogP contribution in [0.15, 0.2) is 59.9 Å². The molecule has 3 N–H and O–H groups in total. The number of nitrogens with one attached hydrogen (secondary N) is 1. The first kappa shape index (κ1) is 18.7. The van der Waals surface area contributed by atoms with E-state index >= 15 is 0 Å². The van der Waals surface area contributed by atoms with Crippen LogP contribution in [0.5, 0.6) is 0 Å². The zero-order chi connectivity index (χ0) is 19.4. The number of halogens is 1. The minimum absolute atomic E-state index is 0.0117. The lowest BCUT2D eigenvalue weighted by molar-refractivity contribution is -0.383. The molecular formula is C17H14ClN5O3S. The molecule has 0 atom stereocenters. The van der Waals surface area contributed by atoms with Crippen LogP contribution in [0, 0.1) is 10.1 Å². The molecule has 0 bridgehead atoms. The Kier molecular flexibility index (Phi) is 5.63. The molecule has 0 radical (unpaired) electrons. The minimum Gasteiger partial charge on any atom is -0.337 e. The number of amides is 1. The molecule has 1 amide bonds. The highest BCUT2D eigenvalue weighted by atomic mass is 35.5. The predicted octanol–water partition coefficient (Wildman–Crippen LogP) is 3.56. The Balaban J connectivity index is 1.67. The van der Waals surface area contributed by atoms with Gasteiger partial charge in [-0.3, -0.25) is 14.9 Å². The van der Waals surface area contributed by atoms with Gasteiger partial charge in [0.25, 0.3) is 5.69 Å². The van der Waals surface area contributed by atoms with Crippen molar-refractivity contribution in [1.29, 1.82) is 0 Å². The second kappa shape index (κ2) is 8.11. The van der Waals surface area contributed by atoms with E-state index in [0.29, 0.717) is 10.9 Å². The number of aromatic nitrogens is 2. The number of nitrogens with two attached hydrogens (primary N) is 1. The maximum Gasteiger partial charge on any atom is 0.294 e. The van der Waals surface area contributed by atoms with E-state index in [0.717, 1.165) is 17.3 Å². The highest BCUT2D eigenvalue weighted by Crippen LogP contribution is 2.28. The molecule has 0 unspecified atom stereocenters. The number of hydrogen-bond donors (Lipinski definition) is 2. The number of nitro benzene ring substituents is 1. The average molecular weight is 404 g/mol. The Morgan fingerprint density at radius 1 is 1.30 bits per heavy atom. The van der Waals surface area contributed by atoms with Gasteiger partial charge in [0.15, 0.2) is 5.16 Å². The number of benzene rings is 2. The van der Waals surface area contributed by atoms with Crippen LogP contribution in [0.25, 0.3) is 11.3 Å². The molecule has 0 fully saturated rings. The Morgan fingerprint density at radius 3 is 2.74 bits per heavy atom. The normalized spacial score (nSPS) is 10.6. The molecule has 1 aromatic heterocycles. The molecule has 27 heavy (non-hydrogen) atoms. The molecule has 0 aliphatic rings. The van der Waals surface area contributed by atoms with Gasteiger partial charge in [-0.05, 0) is 12.1 Å². The van der Waals surface area contributed by atoms with Crippen molar-refractivity contribution >= 4 is 40.6 Å². The number of nitro groups is 1. The maximum atomic E-state index is 12.2. The molecule has 3 aromatic rings. The smallest absolute Gasteiger partial charge is 0.294 e. The van der Waals surface area contributed by atoms with Crippen LogP contribution in [0.3, 0.4) is 0 Å². The van der Waals surface area contributed by atoms with Gasteiger partial charge in [-0.1, -0.05) is 53.7 Å². The molecule has 1 heterocycles. The third kappa shape index (κ3) is 4.57. The number of anilines is 1. The van der Waals surface area contributed by atoms with E-state index in [-0.39, 0.29) is 22.2 Å². The zero-order valence-electron chi connectivity index (χ0n) is 13.8. The fourth-order valence-electron chi connectivity index (χ4n) is 2.31. The minimum atomic E-state index is -0.604. The first-order valence-electron chi connectivity index (χ1n) is 7.70. The van der Waals surface area contributed by atoms with Gasteiger partial charge in [0, 0.05) is 16.7 Å². The number of carbonyl (C=O) groups is 1. The number of carbonyl (C=O) groups excluding carboxylic acids is 1. The molecule has 0 saturated heterocycles. The number of hydrogen-bond acceptors (Lipinski definition) is 6. The second-order valence-corrected chi connectivity index (χ2v) is 6.82. The predicted molar refractivity (Wildman–Crippen MR) is 105 cm³/mol. The Bertz CT molecular complexity index is 993. The quantitative estimate of drug-likeness (QED) is 0.281. The van der Waals surface area contributed by atoms with Crippen LogP contribution >= 0.6 is 23.4 Å². The summed E-state index contributed by atoms with van der Waals surface area (Å²) in [6, 6.07) is 13.5. The lowest BCUT2D eigenvalue weighted by atomic mass is 10.2. The highest BCUT2D eigenvalue weighted by Gasteiger charge is 2.17. The number of nitrogen functional groups attached to an aromatic ring is 1. The molecule has 0 aliphatic heterocycles. The fraction of sp³-hybridized carbons (Fsp3) is 0.0588. The van der Waals surface area contributed by atoms with Gasteiger partial charge in [-0.15, -0.1) is 0 Å². The van der Waals surface area contributed by atoms with E-state index < -0.39 is 10.8 Å². The van der Waals surface area contributed by atoms with Crippen molar-refractivity contribution in [2.24, 2.45) is 0 Å². The van der Waals surface area contributed by atoms with Crippen molar-refractivity contribution in [3.63, 3.8) is 0 Å². The van der Waals surface area contributed by atoms with E-state index in [2.05, 4.69) is 10.3 Å². The topological polar surface area (TPSA) is 116 Å². The summed E-state index contributed by atoms with van der Waals surface area (Å²) in [5.74, 6) is 5.46. The van der Waals surface area contributed by atoms with Gasteiger partial charge in [0.2, 0.25) is 5.91 Å². The van der Waals surface area contributed by atoms with Crippen LogP contribution in [0.2, 0.25) is 5.02 Å². The van der Waals surface area contributed by atoms with Crippen LogP contribution in [0.1, 0.15) is 0 Å². The largest absolute Gasteiger partial charge is 0.337 e. The van der Waals surface area contributed by atoms with Gasteiger partial charge in [-0.25, -0.2) is 9.66 Å². The van der Waals surface area contributed by atoms with Crippen molar-refractivity contribution in [3.05, 3.63) is 69.9 Å². The van der Waals surface area contributed by atoms with E-state index in [4.69, 9.17) is 17.4 Å². The van der Waals surface area contributed by atoms with E-state index in [1.165, 1.54) is 22.9 Å². The summed E-state index contributed by atoms with van der Waals surface area (Å²) < 4.78 is 1.34. The molecule has 8 nitrogen and oxygen atoms in total. The van der Waals surface area contributed by atoms with Gasteiger partial charge in [-0.2, -0.15) is 0 Å². The molecule has 10 heteroatoms. The van der Waals surface area contributed by atoms with Crippen molar-refractivity contribution < 1.29 is 9.72 Å². The van der Waals surface area contributed by atoms with Gasteiger partial charge < -0.3 is 11.2 Å². The summed E-state index contributed by atoms with van der Waals surface area (Å²) in [5, 5.41) is 14.3. The van der Waals surface area contributed by atoms with E-state index in [9.17, 15) is 14.9 Å². The molecule has 0 aliphatic carbocycles. The summed E-state index contributed by atoms with van der Waals surface area (Å²) in [6.07, 6.45) is 1.67. The maximum absolute atomic E-state index is 12.2. The third-order valence-corrected chi connectivity index (χ3v) is 4.73. The molecule has 2 aromatic carbocycles. The first-order chi connectivity index (χ1) is 12.9. The lowest BCUT2D eigenvalue weighted by Crippen LogP contribution is -2.16. The number of imidazole rings is 1. The van der Waals surface area contributed by atoms with Crippen LogP contribution < -0.4 is 11.2 Å². The molecule has 0 spiro atoms. The SMILES string of the molecule is Nn1cc(-c2ccccc2)nc1SCC(=O)Nc1ccc(Cl)cc1[N+](=O)[O-]. The lowest BCUT2D eigenvalue weighted by Gasteiger charge is -2.06. The van der Waals surface area contributed by atoms with Gasteiger partial charge in [0.05, 0.1) is 22.6 Å². The summed E-state index contributed by atoms with van der Waals surface area (Å²) in [4.78, 5) is 27.1. The van der Waals surface area contributed by atoms with Crippen molar-refractivity contribution in [2.75, 3.05) is 16.9 Å². The van der Waals surface area contributed by atoms with Crippen LogP contribution in [-0.4, -0.2) is 26.2 Å². The standard InChI is InChI=1S/C17H14ClN5O3S/c18-12-6-7-13(15(8-12)23(25)26)20-16(24)10-27-17-21-14(9-22(17)19)11-4-2-1-3-5-11/h1-9H,10,19H2,(H,20,24). The van der Waals surface area contributed by atoms with Gasteiger partial charge in [0.1, 0.15) is 5.69 Å². The van der Waals surface area contributed by atoms with Crippen molar-refractivity contribution in [3.8, 4) is 11.3 Å². The summed E-state index contributed by atoms with van der Waals surface area (Å²) in [6.45, 7) is 0. The van der Waals surface area contributed by atoms with E-state index in [1.54, 1.807) is 6.20 Å². The Labute approximate surface area is 163 Å². The van der Waals surface area contributed by atoms with Crippen molar-refractivity contribution in [2.45, 2.75) is 5.16 Å². The monoisotopic (exact) mass is 403 g/mol. The second-order valence-electron chi connectivity index (χ2n) is 5.44. The molecule has 138 valence electrons. The average Bonchev–Trinajstić information content (AvgIpc) is 3.03. The Morgan fingerprint density at radius 2 is 2.04 bits per heavy atom. The van der Waals surface area contributed by atoms with Crippen LogP contribution in [-0.2, 0) is 4.79 Å². The fourth-order valence-corrected chi connectivity index (χ4v) is 3.17. The number of rotatable bonds is 6. The number of nitrogens with zero attached hydrogens (tertiary/aromatic N) is 3. The highest BCUT2D eigenvalue weighted by molar-refractivity contribution is 7.99. The van der Waals surface area contributed by atoms with Gasteiger partial charge >= 0.3 is 0 Å².